The first kappa shape index (κ1) is 11.7. The zero-order chi connectivity index (χ0) is 12.1. The zero-order valence-corrected chi connectivity index (χ0v) is 8.43. The van der Waals surface area contributed by atoms with Gasteiger partial charge >= 0.3 is 11.9 Å². The molecule has 0 atom stereocenters. The minimum absolute atomic E-state index is 0.103. The number of hydrogen-bond donors (Lipinski definition) is 4. The van der Waals surface area contributed by atoms with E-state index in [1.807, 2.05) is 0 Å². The van der Waals surface area contributed by atoms with Crippen LogP contribution < -0.4 is 16.5 Å². The first-order chi connectivity index (χ1) is 7.52. The lowest BCUT2D eigenvalue weighted by atomic mass is 10.1. The molecule has 0 radical (unpaired) electrons. The molecule has 1 rings (SSSR count). The van der Waals surface area contributed by atoms with Crippen molar-refractivity contribution in [3.05, 3.63) is 29.8 Å². The molecule has 0 spiro atoms. The van der Waals surface area contributed by atoms with E-state index in [2.05, 4.69) is 5.32 Å². The molecule has 1 aromatic carbocycles. The van der Waals surface area contributed by atoms with E-state index >= 15 is 0 Å². The lowest BCUT2D eigenvalue weighted by molar-refractivity contribution is -0.135. The molecular weight excluding hydrogens is 210 g/mol. The molecule has 6 heteroatoms. The lowest BCUT2D eigenvalue weighted by Gasteiger charge is -2.06. The van der Waals surface area contributed by atoms with Gasteiger partial charge in [0.25, 0.3) is 5.71 Å². The summed E-state index contributed by atoms with van der Waals surface area (Å²) in [6.45, 7) is -0.261. The Labute approximate surface area is 91.6 Å². The van der Waals surface area contributed by atoms with Crippen LogP contribution in [0.3, 0.4) is 0 Å². The summed E-state index contributed by atoms with van der Waals surface area (Å²) in [6.07, 6.45) is 0. The topological polar surface area (TPSA) is 118 Å². The number of carbonyl (C=O) groups is 2. The maximum atomic E-state index is 10.9. The van der Waals surface area contributed by atoms with Crippen LogP contribution in [0.1, 0.15) is 5.56 Å². The summed E-state index contributed by atoms with van der Waals surface area (Å²) in [6, 6.07) is 6.58. The Kier molecular flexibility index (Phi) is 3.60. The second-order valence-corrected chi connectivity index (χ2v) is 3.07. The van der Waals surface area contributed by atoms with Crippen molar-refractivity contribution in [1.82, 2.24) is 0 Å². The smallest absolute Gasteiger partial charge is 0.322 e. The summed E-state index contributed by atoms with van der Waals surface area (Å²) in [5.74, 6) is -1.75. The second-order valence-electron chi connectivity index (χ2n) is 3.07. The Morgan fingerprint density at radius 2 is 2.00 bits per heavy atom. The number of para-hydroxylation sites is 1. The summed E-state index contributed by atoms with van der Waals surface area (Å²) >= 11 is 0. The van der Waals surface area contributed by atoms with Crippen LogP contribution in [0.2, 0.25) is 0 Å². The van der Waals surface area contributed by atoms with Crippen LogP contribution in [0, 0.1) is 0 Å². The van der Waals surface area contributed by atoms with E-state index < -0.39 is 11.9 Å². The number of anilines is 1. The van der Waals surface area contributed by atoms with Crippen LogP contribution in [0.5, 0.6) is 0 Å². The first-order valence-electron chi connectivity index (χ1n) is 4.49. The molecule has 6 nitrogen and oxygen atoms in total. The Morgan fingerprint density at radius 1 is 1.38 bits per heavy atom. The molecule has 0 heterocycles. The highest BCUT2D eigenvalue weighted by atomic mass is 16.4. The maximum Gasteiger partial charge on any atom is 0.322 e. The van der Waals surface area contributed by atoms with Gasteiger partial charge in [0.1, 0.15) is 6.54 Å². The number of carbonyl (C=O) groups excluding carboxylic acids is 1. The summed E-state index contributed by atoms with van der Waals surface area (Å²) in [5, 5.41) is 16.7. The largest absolute Gasteiger partial charge is 0.480 e. The van der Waals surface area contributed by atoms with Gasteiger partial charge in [0.05, 0.1) is 5.56 Å². The number of benzene rings is 1. The summed E-state index contributed by atoms with van der Waals surface area (Å²) in [5.41, 5.74) is 5.80. The second kappa shape index (κ2) is 4.92. The van der Waals surface area contributed by atoms with Crippen molar-refractivity contribution in [1.29, 1.82) is 0 Å². The molecule has 1 aromatic rings. The Bertz CT molecular complexity index is 443. The van der Waals surface area contributed by atoms with Crippen molar-refractivity contribution < 1.29 is 20.1 Å². The molecule has 0 aliphatic heterocycles. The van der Waals surface area contributed by atoms with Crippen LogP contribution in [-0.2, 0) is 9.59 Å². The third-order valence-corrected chi connectivity index (χ3v) is 1.91. The third-order valence-electron chi connectivity index (χ3n) is 1.91. The standard InChI is InChI=1S/C10H11N3O3/c11-9(10(12)16)6-3-1-2-4-7(6)13-5-8(14)15/h1-4,11,13H,5H2,(H2,12,16)(H,14,15)/p+1. The predicted molar refractivity (Wildman–Crippen MR) is 57.8 cm³/mol. The summed E-state index contributed by atoms with van der Waals surface area (Å²) < 4.78 is 0. The average molecular weight is 222 g/mol. The van der Waals surface area contributed by atoms with Crippen molar-refractivity contribution >= 4 is 23.3 Å². The number of nitrogens with two attached hydrogens (primary N) is 2. The fraction of sp³-hybridized carbons (Fsp3) is 0.100. The highest BCUT2D eigenvalue weighted by Gasteiger charge is 2.17. The fourth-order valence-electron chi connectivity index (χ4n) is 1.18. The minimum atomic E-state index is -1.01. The van der Waals surface area contributed by atoms with Crippen molar-refractivity contribution in [2.24, 2.45) is 5.73 Å². The SMILES string of the molecule is NC(=O)C(=[NH2+])c1ccccc1NCC(=O)O. The average Bonchev–Trinajstić information content (AvgIpc) is 2.25. The Balaban J connectivity index is 2.96. The number of nitrogens with one attached hydrogen (secondary N) is 1. The molecule has 84 valence electrons. The van der Waals surface area contributed by atoms with Gasteiger partial charge in [-0.1, -0.05) is 12.1 Å². The number of primary amides is 1. The summed E-state index contributed by atoms with van der Waals surface area (Å²) in [7, 11) is 0. The van der Waals surface area contributed by atoms with E-state index in [0.717, 1.165) is 0 Å². The van der Waals surface area contributed by atoms with Crippen LogP contribution in [0.4, 0.5) is 5.69 Å². The maximum absolute atomic E-state index is 10.9. The molecular formula is C10H12N3O3+. The van der Waals surface area contributed by atoms with E-state index in [1.54, 1.807) is 24.3 Å². The summed E-state index contributed by atoms with van der Waals surface area (Å²) in [4.78, 5) is 21.3. The van der Waals surface area contributed by atoms with Gasteiger partial charge in [-0.15, -0.1) is 0 Å². The van der Waals surface area contributed by atoms with Gasteiger partial charge in [0.2, 0.25) is 0 Å². The number of aliphatic carboxylic acids is 1. The molecule has 0 aliphatic rings. The molecule has 0 saturated heterocycles. The minimum Gasteiger partial charge on any atom is -0.480 e. The number of rotatable bonds is 5. The van der Waals surface area contributed by atoms with Crippen molar-refractivity contribution in [2.45, 2.75) is 0 Å². The van der Waals surface area contributed by atoms with E-state index in [9.17, 15) is 9.59 Å². The molecule has 16 heavy (non-hydrogen) atoms. The van der Waals surface area contributed by atoms with Gasteiger partial charge in [-0.05, 0) is 12.1 Å². The van der Waals surface area contributed by atoms with Crippen molar-refractivity contribution in [2.75, 3.05) is 11.9 Å². The van der Waals surface area contributed by atoms with E-state index in [1.165, 1.54) is 0 Å². The Morgan fingerprint density at radius 3 is 2.56 bits per heavy atom. The van der Waals surface area contributed by atoms with E-state index in [0.29, 0.717) is 11.3 Å². The molecule has 0 bridgehead atoms. The first-order valence-corrected chi connectivity index (χ1v) is 4.49. The van der Waals surface area contributed by atoms with Crippen molar-refractivity contribution in [3.63, 3.8) is 0 Å². The van der Waals surface area contributed by atoms with Gasteiger partial charge in [-0.25, -0.2) is 5.41 Å². The van der Waals surface area contributed by atoms with Gasteiger partial charge in [0.15, 0.2) is 0 Å². The van der Waals surface area contributed by atoms with Crippen LogP contribution >= 0.6 is 0 Å². The number of hydrogen-bond acceptors (Lipinski definition) is 3. The van der Waals surface area contributed by atoms with Crippen molar-refractivity contribution in [3.8, 4) is 0 Å². The number of amides is 1. The molecule has 6 N–H and O–H groups in total. The molecule has 0 unspecified atom stereocenters. The molecule has 0 aromatic heterocycles. The van der Waals surface area contributed by atoms with Crippen LogP contribution in [0.15, 0.2) is 24.3 Å². The Hall–Kier alpha value is -2.37. The highest BCUT2D eigenvalue weighted by Crippen LogP contribution is 2.14. The van der Waals surface area contributed by atoms with Gasteiger partial charge in [-0.2, -0.15) is 0 Å². The van der Waals surface area contributed by atoms with E-state index in [4.69, 9.17) is 16.2 Å². The van der Waals surface area contributed by atoms with Crippen LogP contribution in [0.25, 0.3) is 0 Å². The lowest BCUT2D eigenvalue weighted by Crippen LogP contribution is -2.48. The van der Waals surface area contributed by atoms with Gasteiger partial charge in [0, 0.05) is 5.69 Å². The van der Waals surface area contributed by atoms with Gasteiger partial charge < -0.3 is 16.2 Å². The normalized spacial score (nSPS) is 9.50. The zero-order valence-electron chi connectivity index (χ0n) is 8.43. The highest BCUT2D eigenvalue weighted by molar-refractivity contribution is 6.43. The van der Waals surface area contributed by atoms with Gasteiger partial charge in [-0.3, -0.25) is 9.59 Å². The quantitative estimate of drug-likeness (QED) is 0.440. The van der Waals surface area contributed by atoms with Crippen LogP contribution in [-0.4, -0.2) is 29.2 Å². The number of carboxylic acids is 1. The molecule has 0 aliphatic carbocycles. The van der Waals surface area contributed by atoms with E-state index in [-0.39, 0.29) is 12.3 Å². The monoisotopic (exact) mass is 222 g/mol. The fourth-order valence-corrected chi connectivity index (χ4v) is 1.18. The molecule has 0 saturated carbocycles. The third kappa shape index (κ3) is 2.81. The molecule has 1 amide bonds. The number of carboxylic acid groups (broad SMARTS) is 1. The predicted octanol–water partition coefficient (Wildman–Crippen LogP) is -1.78. The molecule has 0 fully saturated rings.